The largest absolute Gasteiger partial charge is 0.493 e. The predicted octanol–water partition coefficient (Wildman–Crippen LogP) is 3.17. The fourth-order valence-corrected chi connectivity index (χ4v) is 5.13. The second-order valence-electron chi connectivity index (χ2n) is 8.30. The first-order valence-corrected chi connectivity index (χ1v) is 13.9. The van der Waals surface area contributed by atoms with Gasteiger partial charge in [-0.05, 0) is 54.7 Å². The highest BCUT2D eigenvalue weighted by Crippen LogP contribution is 2.26. The number of benzene rings is 1. The molecule has 0 spiro atoms. The normalized spacial score (nSPS) is 12.6. The number of amides is 2. The summed E-state index contributed by atoms with van der Waals surface area (Å²) in [5.74, 6) is 0.273. The Morgan fingerprint density at radius 3 is 2.65 bits per heavy atom. The summed E-state index contributed by atoms with van der Waals surface area (Å²) in [6.45, 7) is 8.93. The van der Waals surface area contributed by atoms with Crippen LogP contribution in [0.1, 0.15) is 43.7 Å². The molecule has 12 nitrogen and oxygen atoms in total. The van der Waals surface area contributed by atoms with Gasteiger partial charge in [-0.3, -0.25) is 18.9 Å². The second-order valence-corrected chi connectivity index (χ2v) is 11.7. The van der Waals surface area contributed by atoms with Gasteiger partial charge in [-0.25, -0.2) is 9.63 Å². The van der Waals surface area contributed by atoms with Crippen LogP contribution in [-0.2, 0) is 21.3 Å². The molecule has 3 rings (SSSR count). The van der Waals surface area contributed by atoms with Gasteiger partial charge >= 0.3 is 0 Å². The van der Waals surface area contributed by atoms with Crippen molar-refractivity contribution in [3.63, 3.8) is 0 Å². The molecule has 0 aliphatic heterocycles. The third-order valence-corrected chi connectivity index (χ3v) is 7.64. The molecule has 0 bridgehead atoms. The van der Waals surface area contributed by atoms with E-state index < -0.39 is 21.8 Å². The van der Waals surface area contributed by atoms with E-state index in [-0.39, 0.29) is 9.52 Å². The van der Waals surface area contributed by atoms with Crippen molar-refractivity contribution in [2.24, 2.45) is 5.92 Å². The van der Waals surface area contributed by atoms with Crippen molar-refractivity contribution in [1.82, 2.24) is 24.2 Å². The van der Waals surface area contributed by atoms with E-state index in [9.17, 15) is 18.4 Å². The molecule has 2 amide bonds. The van der Waals surface area contributed by atoms with Crippen LogP contribution in [0, 0.1) is 9.74 Å². The Bertz CT molecular complexity index is 1420. The molecule has 1 atom stereocenters. The minimum atomic E-state index is -3.99. The van der Waals surface area contributed by atoms with Gasteiger partial charge in [0.1, 0.15) is 5.75 Å². The number of hydrogen-bond donors (Lipinski definition) is 3. The van der Waals surface area contributed by atoms with Gasteiger partial charge in [-0.15, -0.1) is 19.5 Å². The monoisotopic (exact) mass is 569 g/mol. The van der Waals surface area contributed by atoms with Gasteiger partial charge in [-0.2, -0.15) is 0 Å². The number of nitrogens with zero attached hydrogens (tertiary/aromatic N) is 5. The third kappa shape index (κ3) is 7.89. The van der Waals surface area contributed by atoms with Crippen LogP contribution in [0.4, 0.5) is 5.82 Å². The molecule has 0 fully saturated rings. The predicted molar refractivity (Wildman–Crippen MR) is 142 cm³/mol. The van der Waals surface area contributed by atoms with Gasteiger partial charge in [0.05, 0.1) is 12.8 Å². The summed E-state index contributed by atoms with van der Waals surface area (Å²) in [6, 6.07) is 8.45. The molecule has 0 radical (unpaired) electrons. The lowest BCUT2D eigenvalue weighted by atomic mass is 10.1. The van der Waals surface area contributed by atoms with Crippen molar-refractivity contribution in [3.8, 4) is 5.75 Å². The van der Waals surface area contributed by atoms with Gasteiger partial charge in [0.2, 0.25) is 5.91 Å². The quantitative estimate of drug-likeness (QED) is 0.312. The zero-order valence-corrected chi connectivity index (χ0v) is 23.1. The molecule has 200 valence electrons. The van der Waals surface area contributed by atoms with E-state index in [1.165, 1.54) is 13.0 Å². The number of ether oxygens (including phenoxy) is 1. The zero-order chi connectivity index (χ0) is 27.2. The summed E-state index contributed by atoms with van der Waals surface area (Å²) < 4.78 is 31.8. The first-order valence-electron chi connectivity index (χ1n) is 11.2. The number of anilines is 1. The first-order chi connectivity index (χ1) is 17.5. The summed E-state index contributed by atoms with van der Waals surface area (Å²) in [5.41, 5.74) is 3.06. The van der Waals surface area contributed by atoms with Crippen molar-refractivity contribution in [2.45, 2.75) is 34.2 Å². The molecule has 3 aromatic rings. The summed E-state index contributed by atoms with van der Waals surface area (Å²) in [7, 11) is -3.99. The van der Waals surface area contributed by atoms with Crippen molar-refractivity contribution < 1.29 is 23.1 Å². The maximum Gasteiger partial charge on any atom is 0.284 e. The van der Waals surface area contributed by atoms with Gasteiger partial charge in [0.15, 0.2) is 25.3 Å². The van der Waals surface area contributed by atoms with E-state index in [4.69, 9.17) is 16.3 Å². The molecule has 2 aromatic heterocycles. The molecule has 1 aromatic carbocycles. The topological polar surface area (TPSA) is 152 Å². The van der Waals surface area contributed by atoms with Gasteiger partial charge in [0.25, 0.3) is 5.91 Å². The highest BCUT2D eigenvalue weighted by atomic mass is 35.5. The molecular weight excluding hydrogens is 542 g/mol. The summed E-state index contributed by atoms with van der Waals surface area (Å²) in [4.78, 5) is 25.6. The van der Waals surface area contributed by atoms with Crippen LogP contribution in [0.25, 0.3) is 0 Å². The number of carbonyl (C=O) groups is 2. The molecule has 0 saturated carbocycles. The number of aromatic nitrogens is 4. The van der Waals surface area contributed by atoms with Crippen LogP contribution in [0.5, 0.6) is 5.75 Å². The van der Waals surface area contributed by atoms with E-state index in [0.29, 0.717) is 48.0 Å². The maximum atomic E-state index is 12.6. The van der Waals surface area contributed by atoms with Crippen molar-refractivity contribution in [2.75, 3.05) is 23.5 Å². The van der Waals surface area contributed by atoms with Crippen LogP contribution < -0.4 is 19.8 Å². The van der Waals surface area contributed by atoms with Crippen molar-refractivity contribution in [1.29, 1.82) is 0 Å². The lowest BCUT2D eigenvalue weighted by Gasteiger charge is -2.23. The Labute approximate surface area is 223 Å². The third-order valence-electron chi connectivity index (χ3n) is 4.75. The van der Waals surface area contributed by atoms with Gasteiger partial charge in [-0.1, -0.05) is 25.4 Å². The van der Waals surface area contributed by atoms with Gasteiger partial charge < -0.3 is 9.64 Å². The highest BCUT2D eigenvalue weighted by molar-refractivity contribution is 7.89. The molecule has 3 N–H and O–H groups in total. The number of halogens is 1. The molecule has 2 heterocycles. The van der Waals surface area contributed by atoms with E-state index in [1.54, 1.807) is 12.1 Å². The fraction of sp³-hybridized carbons (Fsp3) is 0.364. The van der Waals surface area contributed by atoms with E-state index in [0.717, 1.165) is 21.7 Å². The number of hydrogen-bond acceptors (Lipinski definition) is 9. The smallest absolute Gasteiger partial charge is 0.284 e. The highest BCUT2D eigenvalue weighted by Gasteiger charge is 2.17. The van der Waals surface area contributed by atoms with Gasteiger partial charge in [0, 0.05) is 30.6 Å². The first kappa shape index (κ1) is 28.4. The van der Waals surface area contributed by atoms with E-state index in [1.807, 2.05) is 28.7 Å². The number of rotatable bonds is 10. The lowest BCUT2D eigenvalue weighted by Crippen LogP contribution is -2.31. The average Bonchev–Trinajstić information content (AvgIpc) is 3.30. The molecular formula is C22H28ClN7O5S2. The summed E-state index contributed by atoms with van der Waals surface area (Å²) >= 11 is 6.91. The summed E-state index contributed by atoms with van der Waals surface area (Å²) in [6.07, 6.45) is 1.08. The standard InChI is InChI=1S/C22H28ClN7O5S2/c1-5-29(12-16-10-17(23)6-8-19(16)35-13-14(2)3)20-9-7-18(25-26-20)22(32)28-37(33,34)21-11-24-30(36-21)27-15(4)31/h6-11,14H,5,12-13H2,1-4H3,(H,27,31)(H2,28,32,33,34). The molecule has 0 saturated heterocycles. The van der Waals surface area contributed by atoms with E-state index >= 15 is 0 Å². The fourth-order valence-electron chi connectivity index (χ4n) is 3.01. The number of carbonyl (C=O) groups excluding carboxylic acids is 2. The Morgan fingerprint density at radius 2 is 2.03 bits per heavy atom. The molecule has 1 unspecified atom stereocenters. The second kappa shape index (κ2) is 12.4. The lowest BCUT2D eigenvalue weighted by molar-refractivity contribution is -0.115. The van der Waals surface area contributed by atoms with Crippen molar-refractivity contribution in [3.05, 3.63) is 56.6 Å². The Balaban J connectivity index is 1.76. The van der Waals surface area contributed by atoms with Crippen LogP contribution in [0.15, 0.2) is 36.5 Å². The number of nitrogens with one attached hydrogen (secondary N) is 2. The molecule has 37 heavy (non-hydrogen) atoms. The zero-order valence-electron chi connectivity index (χ0n) is 20.7. The maximum absolute atomic E-state index is 12.6. The molecule has 15 heteroatoms. The van der Waals surface area contributed by atoms with Crippen LogP contribution in [-0.4, -0.2) is 53.2 Å². The Hall–Kier alpha value is -3.20. The van der Waals surface area contributed by atoms with Crippen LogP contribution in [0.2, 0.25) is 5.02 Å². The SMILES string of the molecule is CCN(Cc1cc(Cl)ccc1OCC(C)C)c1ccc(C(=O)NS(=O)(O)=c2cnn(NC(C)=O)s2)nn1. The van der Waals surface area contributed by atoms with Crippen molar-refractivity contribution >= 4 is 50.8 Å². The minimum Gasteiger partial charge on any atom is -0.493 e. The van der Waals surface area contributed by atoms with Crippen LogP contribution in [0.3, 0.4) is 0 Å². The average molecular weight is 570 g/mol. The van der Waals surface area contributed by atoms with Crippen LogP contribution >= 0.6 is 23.1 Å². The molecule has 0 aliphatic rings. The Kier molecular flexibility index (Phi) is 9.48. The summed E-state index contributed by atoms with van der Waals surface area (Å²) in [5, 5.41) is 12.4. The minimum absolute atomic E-state index is 0.149. The molecule has 0 aliphatic carbocycles. The Morgan fingerprint density at radius 1 is 1.27 bits per heavy atom. The van der Waals surface area contributed by atoms with E-state index in [2.05, 4.69) is 34.6 Å².